The first kappa shape index (κ1) is 10.5. The zero-order chi connectivity index (χ0) is 10.7. The summed E-state index contributed by atoms with van der Waals surface area (Å²) in [7, 11) is 1.20. The van der Waals surface area contributed by atoms with Gasteiger partial charge in [0.2, 0.25) is 0 Å². The van der Waals surface area contributed by atoms with Crippen LogP contribution < -0.4 is 10.5 Å². The number of phenols is 1. The van der Waals surface area contributed by atoms with Crippen molar-refractivity contribution in [1.82, 2.24) is 0 Å². The minimum absolute atomic E-state index is 0.179. The number of benzene rings is 1. The van der Waals surface area contributed by atoms with E-state index in [1.54, 1.807) is 0 Å². The monoisotopic (exact) mass is 199 g/mol. The Morgan fingerprint density at radius 1 is 1.64 bits per heavy atom. The van der Waals surface area contributed by atoms with Gasteiger partial charge in [0.25, 0.3) is 0 Å². The number of carbonyl (C=O) groups excluding carboxylic acids is 1. The fourth-order valence-electron chi connectivity index (χ4n) is 1.07. The number of aromatic hydroxyl groups is 1. The Morgan fingerprint density at radius 3 is 2.79 bits per heavy atom. The average molecular weight is 199 g/mol. The maximum atomic E-state index is 13.4. The van der Waals surface area contributed by atoms with Crippen LogP contribution in [0, 0.1) is 5.82 Å². The first-order valence-electron chi connectivity index (χ1n) is 3.90. The summed E-state index contributed by atoms with van der Waals surface area (Å²) in [5, 5.41) is 9.16. The molecule has 0 spiro atoms. The number of methoxy groups -OCH3 is 1. The predicted molar refractivity (Wildman–Crippen MR) is 48.0 cm³/mol. The highest BCUT2D eigenvalue weighted by atomic mass is 19.1. The van der Waals surface area contributed by atoms with Gasteiger partial charge < -0.3 is 15.6 Å². The van der Waals surface area contributed by atoms with Gasteiger partial charge in [-0.05, 0) is 12.1 Å². The van der Waals surface area contributed by atoms with Crippen LogP contribution in [-0.2, 0) is 0 Å². The van der Waals surface area contributed by atoms with Crippen LogP contribution in [0.1, 0.15) is 10.4 Å². The van der Waals surface area contributed by atoms with Crippen molar-refractivity contribution in [3.8, 4) is 11.5 Å². The quantitative estimate of drug-likeness (QED) is 0.702. The molecule has 3 N–H and O–H groups in total. The summed E-state index contributed by atoms with van der Waals surface area (Å²) >= 11 is 0. The van der Waals surface area contributed by atoms with Crippen LogP contribution in [0.5, 0.6) is 11.5 Å². The molecule has 0 heterocycles. The molecule has 1 aromatic rings. The van der Waals surface area contributed by atoms with Crippen molar-refractivity contribution in [1.29, 1.82) is 0 Å². The van der Waals surface area contributed by atoms with Gasteiger partial charge >= 0.3 is 0 Å². The van der Waals surface area contributed by atoms with Gasteiger partial charge in [0, 0.05) is 0 Å². The molecule has 0 aromatic heterocycles. The van der Waals surface area contributed by atoms with Crippen LogP contribution in [0.15, 0.2) is 12.1 Å². The first-order chi connectivity index (χ1) is 6.61. The number of phenolic OH excluding ortho intramolecular Hbond substituents is 1. The van der Waals surface area contributed by atoms with Crippen LogP contribution >= 0.6 is 0 Å². The summed E-state index contributed by atoms with van der Waals surface area (Å²) in [5.74, 6) is -2.12. The summed E-state index contributed by atoms with van der Waals surface area (Å²) in [5.41, 5.74) is 4.90. The van der Waals surface area contributed by atoms with E-state index in [2.05, 4.69) is 4.74 Å². The molecule has 5 heteroatoms. The molecule has 0 aliphatic rings. The maximum Gasteiger partial charge on any atom is 0.197 e. The zero-order valence-corrected chi connectivity index (χ0v) is 7.58. The van der Waals surface area contributed by atoms with Gasteiger partial charge in [0.1, 0.15) is 0 Å². The van der Waals surface area contributed by atoms with Gasteiger partial charge in [-0.2, -0.15) is 0 Å². The summed E-state index contributed by atoms with van der Waals surface area (Å²) in [6.45, 7) is -0.287. The average Bonchev–Trinajstić information content (AvgIpc) is 2.18. The molecule has 0 bridgehead atoms. The Morgan fingerprint density at radius 2 is 2.29 bits per heavy atom. The molecular weight excluding hydrogens is 189 g/mol. The molecule has 0 radical (unpaired) electrons. The number of rotatable bonds is 3. The summed E-state index contributed by atoms with van der Waals surface area (Å²) in [6.07, 6.45) is 0. The summed E-state index contributed by atoms with van der Waals surface area (Å²) < 4.78 is 18.0. The van der Waals surface area contributed by atoms with Crippen LogP contribution in [-0.4, -0.2) is 24.5 Å². The molecule has 0 aliphatic carbocycles. The molecule has 0 atom stereocenters. The molecule has 0 aliphatic heterocycles. The first-order valence-corrected chi connectivity index (χ1v) is 3.90. The van der Waals surface area contributed by atoms with Crippen molar-refractivity contribution in [2.24, 2.45) is 5.73 Å². The van der Waals surface area contributed by atoms with E-state index < -0.39 is 11.6 Å². The zero-order valence-electron chi connectivity index (χ0n) is 7.58. The molecule has 0 unspecified atom stereocenters. The van der Waals surface area contributed by atoms with E-state index in [0.29, 0.717) is 0 Å². The van der Waals surface area contributed by atoms with Gasteiger partial charge in [-0.3, -0.25) is 4.79 Å². The van der Waals surface area contributed by atoms with Crippen molar-refractivity contribution in [2.45, 2.75) is 0 Å². The minimum atomic E-state index is -0.886. The van der Waals surface area contributed by atoms with E-state index in [1.165, 1.54) is 19.2 Å². The molecule has 0 amide bonds. The number of hydrogen-bond acceptors (Lipinski definition) is 4. The Kier molecular flexibility index (Phi) is 3.03. The standard InChI is InChI=1S/C9H10FNO3/c1-14-9-6(12)3-2-5(8(9)10)7(13)4-11/h2-3,12H,4,11H2,1H3. The molecule has 14 heavy (non-hydrogen) atoms. The summed E-state index contributed by atoms with van der Waals surface area (Å²) in [6, 6.07) is 2.35. The molecule has 4 nitrogen and oxygen atoms in total. The molecular formula is C9H10FNO3. The Hall–Kier alpha value is -1.62. The number of hydrogen-bond donors (Lipinski definition) is 2. The van der Waals surface area contributed by atoms with Crippen molar-refractivity contribution in [3.63, 3.8) is 0 Å². The van der Waals surface area contributed by atoms with E-state index in [-0.39, 0.29) is 23.6 Å². The normalized spacial score (nSPS) is 9.93. The lowest BCUT2D eigenvalue weighted by Crippen LogP contribution is -2.15. The maximum absolute atomic E-state index is 13.4. The highest BCUT2D eigenvalue weighted by Crippen LogP contribution is 2.30. The lowest BCUT2D eigenvalue weighted by atomic mass is 10.1. The highest BCUT2D eigenvalue weighted by molar-refractivity contribution is 5.98. The predicted octanol–water partition coefficient (Wildman–Crippen LogP) is 0.681. The Labute approximate surface area is 80.1 Å². The number of ketones is 1. The second kappa shape index (κ2) is 4.06. The van der Waals surface area contributed by atoms with E-state index in [1.807, 2.05) is 0 Å². The van der Waals surface area contributed by atoms with E-state index in [4.69, 9.17) is 10.8 Å². The third-order valence-corrected chi connectivity index (χ3v) is 1.77. The van der Waals surface area contributed by atoms with Crippen LogP contribution in [0.4, 0.5) is 4.39 Å². The highest BCUT2D eigenvalue weighted by Gasteiger charge is 2.17. The van der Waals surface area contributed by atoms with Crippen molar-refractivity contribution in [2.75, 3.05) is 13.7 Å². The smallest absolute Gasteiger partial charge is 0.197 e. The molecule has 0 saturated carbocycles. The largest absolute Gasteiger partial charge is 0.504 e. The van der Waals surface area contributed by atoms with Crippen molar-refractivity contribution in [3.05, 3.63) is 23.5 Å². The lowest BCUT2D eigenvalue weighted by Gasteiger charge is -2.07. The molecule has 1 rings (SSSR count). The number of ether oxygens (including phenoxy) is 1. The van der Waals surface area contributed by atoms with E-state index >= 15 is 0 Å². The number of carbonyl (C=O) groups is 1. The lowest BCUT2D eigenvalue weighted by molar-refractivity contribution is 0.0996. The van der Waals surface area contributed by atoms with Crippen LogP contribution in [0.2, 0.25) is 0 Å². The number of nitrogens with two attached hydrogens (primary N) is 1. The van der Waals surface area contributed by atoms with E-state index in [0.717, 1.165) is 0 Å². The fraction of sp³-hybridized carbons (Fsp3) is 0.222. The second-order valence-electron chi connectivity index (χ2n) is 2.61. The van der Waals surface area contributed by atoms with Crippen molar-refractivity contribution >= 4 is 5.78 Å². The number of Topliss-reactive ketones (excluding diaryl/α,β-unsaturated/α-hetero) is 1. The molecule has 0 fully saturated rings. The van der Waals surface area contributed by atoms with Crippen LogP contribution in [0.3, 0.4) is 0 Å². The van der Waals surface area contributed by atoms with Crippen molar-refractivity contribution < 1.29 is 19.0 Å². The van der Waals surface area contributed by atoms with Gasteiger partial charge in [-0.25, -0.2) is 4.39 Å². The SMILES string of the molecule is COc1c(O)ccc(C(=O)CN)c1F. The molecule has 0 saturated heterocycles. The van der Waals surface area contributed by atoms with E-state index in [9.17, 15) is 9.18 Å². The number of halogens is 1. The Balaban J connectivity index is 3.28. The van der Waals surface area contributed by atoms with Gasteiger partial charge in [-0.15, -0.1) is 0 Å². The van der Waals surface area contributed by atoms with Gasteiger partial charge in [0.15, 0.2) is 23.1 Å². The second-order valence-corrected chi connectivity index (χ2v) is 2.61. The topological polar surface area (TPSA) is 72.5 Å². The van der Waals surface area contributed by atoms with Crippen LogP contribution in [0.25, 0.3) is 0 Å². The molecule has 76 valence electrons. The molecule has 1 aromatic carbocycles. The fourth-order valence-corrected chi connectivity index (χ4v) is 1.07. The van der Waals surface area contributed by atoms with Gasteiger partial charge in [-0.1, -0.05) is 0 Å². The third-order valence-electron chi connectivity index (χ3n) is 1.77. The Bertz CT molecular complexity index is 365. The summed E-state index contributed by atoms with van der Waals surface area (Å²) in [4.78, 5) is 11.1. The third kappa shape index (κ3) is 1.67. The van der Waals surface area contributed by atoms with Gasteiger partial charge in [0.05, 0.1) is 19.2 Å². The minimum Gasteiger partial charge on any atom is -0.504 e.